The lowest BCUT2D eigenvalue weighted by atomic mass is 10.1. The minimum atomic E-state index is -0.0190. The van der Waals surface area contributed by atoms with E-state index in [9.17, 15) is 4.79 Å². The molecule has 1 heterocycles. The highest BCUT2D eigenvalue weighted by molar-refractivity contribution is 7.98. The maximum Gasteiger partial charge on any atom is 0.239 e. The second kappa shape index (κ2) is 7.26. The predicted octanol–water partition coefficient (Wildman–Crippen LogP) is 3.00. The van der Waals surface area contributed by atoms with E-state index in [1.165, 1.54) is 5.56 Å². The van der Waals surface area contributed by atoms with Crippen LogP contribution in [-0.4, -0.2) is 20.8 Å². The number of hydrogen-bond acceptors (Lipinski definition) is 4. The van der Waals surface area contributed by atoms with Gasteiger partial charge in [-0.3, -0.25) is 10.2 Å². The lowest BCUT2D eigenvalue weighted by Gasteiger charge is -2.11. The normalized spacial score (nSPS) is 10.9. The Kier molecular flexibility index (Phi) is 5.38. The second-order valence-corrected chi connectivity index (χ2v) is 6.21. The number of nitrogens with one attached hydrogen (secondary N) is 1. The van der Waals surface area contributed by atoms with E-state index in [-0.39, 0.29) is 5.91 Å². The van der Waals surface area contributed by atoms with Crippen molar-refractivity contribution in [1.29, 1.82) is 0 Å². The molecule has 2 aromatic rings. The zero-order valence-corrected chi connectivity index (χ0v) is 13.4. The van der Waals surface area contributed by atoms with Gasteiger partial charge in [0.2, 0.25) is 11.1 Å². The van der Waals surface area contributed by atoms with Crippen molar-refractivity contribution in [2.24, 2.45) is 5.92 Å². The summed E-state index contributed by atoms with van der Waals surface area (Å²) in [5.74, 6) is 1.78. The molecule has 0 bridgehead atoms. The van der Waals surface area contributed by atoms with Crippen molar-refractivity contribution in [3.63, 3.8) is 0 Å². The van der Waals surface area contributed by atoms with Gasteiger partial charge in [-0.15, -0.1) is 10.2 Å². The molecule has 0 fully saturated rings. The molecule has 0 radical (unpaired) electrons. The highest BCUT2D eigenvalue weighted by Crippen LogP contribution is 2.20. The number of nitrogens with zero attached hydrogens (tertiary/aromatic N) is 3. The van der Waals surface area contributed by atoms with Crippen LogP contribution in [-0.2, 0) is 10.5 Å². The number of amides is 1. The van der Waals surface area contributed by atoms with Crippen LogP contribution < -0.4 is 5.43 Å². The molecule has 0 atom stereocenters. The van der Waals surface area contributed by atoms with E-state index in [1.54, 1.807) is 16.4 Å². The molecule has 0 aliphatic rings. The van der Waals surface area contributed by atoms with Gasteiger partial charge in [0.25, 0.3) is 0 Å². The minimum absolute atomic E-state index is 0.0190. The quantitative estimate of drug-likeness (QED) is 0.833. The number of thioether (sulfide) groups is 1. The van der Waals surface area contributed by atoms with Gasteiger partial charge < -0.3 is 0 Å². The number of aryl methyl sites for hydroxylation is 1. The van der Waals surface area contributed by atoms with E-state index in [4.69, 9.17) is 0 Å². The topological polar surface area (TPSA) is 59.8 Å². The van der Waals surface area contributed by atoms with E-state index in [0.717, 1.165) is 5.75 Å². The third-order valence-electron chi connectivity index (χ3n) is 2.84. The Morgan fingerprint density at radius 2 is 2.00 bits per heavy atom. The minimum Gasteiger partial charge on any atom is -0.273 e. The molecule has 5 nitrogen and oxygen atoms in total. The summed E-state index contributed by atoms with van der Waals surface area (Å²) in [6, 6.07) is 10.1. The van der Waals surface area contributed by atoms with Gasteiger partial charge in [-0.05, 0) is 18.4 Å². The van der Waals surface area contributed by atoms with Crippen LogP contribution in [0.15, 0.2) is 35.5 Å². The summed E-state index contributed by atoms with van der Waals surface area (Å²) in [4.78, 5) is 11.9. The largest absolute Gasteiger partial charge is 0.273 e. The standard InChI is InChI=1S/C15H20N4OS/c1-11(2)9-14(20)18-19-12(3)16-17-15(19)21-10-13-7-5-4-6-8-13/h4-8,11H,9-10H2,1-3H3,(H,18,20). The molecular formula is C15H20N4OS. The zero-order chi connectivity index (χ0) is 15.2. The fourth-order valence-electron chi connectivity index (χ4n) is 1.83. The smallest absolute Gasteiger partial charge is 0.239 e. The molecule has 1 amide bonds. The molecule has 0 unspecified atom stereocenters. The molecule has 112 valence electrons. The molecule has 0 aliphatic carbocycles. The summed E-state index contributed by atoms with van der Waals surface area (Å²) in [6.07, 6.45) is 0.487. The zero-order valence-electron chi connectivity index (χ0n) is 12.5. The number of carbonyl (C=O) groups is 1. The fourth-order valence-corrected chi connectivity index (χ4v) is 2.72. The van der Waals surface area contributed by atoms with Crippen LogP contribution in [0.25, 0.3) is 0 Å². The summed E-state index contributed by atoms with van der Waals surface area (Å²) in [6.45, 7) is 5.86. The van der Waals surface area contributed by atoms with Crippen molar-refractivity contribution in [1.82, 2.24) is 14.9 Å². The third-order valence-corrected chi connectivity index (χ3v) is 3.84. The van der Waals surface area contributed by atoms with Gasteiger partial charge in [0, 0.05) is 12.2 Å². The Hall–Kier alpha value is -1.82. The van der Waals surface area contributed by atoms with Crippen molar-refractivity contribution in [3.8, 4) is 0 Å². The molecule has 1 aromatic carbocycles. The van der Waals surface area contributed by atoms with Gasteiger partial charge in [0.1, 0.15) is 5.82 Å². The average Bonchev–Trinajstić information content (AvgIpc) is 2.78. The molecule has 1 aromatic heterocycles. The van der Waals surface area contributed by atoms with Crippen LogP contribution in [0.2, 0.25) is 0 Å². The van der Waals surface area contributed by atoms with Crippen molar-refractivity contribution in [2.45, 2.75) is 38.1 Å². The van der Waals surface area contributed by atoms with Gasteiger partial charge >= 0.3 is 0 Å². The molecular weight excluding hydrogens is 284 g/mol. The Morgan fingerprint density at radius 3 is 2.67 bits per heavy atom. The summed E-state index contributed by atoms with van der Waals surface area (Å²) in [7, 11) is 0. The first-order valence-corrected chi connectivity index (χ1v) is 7.93. The molecule has 1 N–H and O–H groups in total. The SMILES string of the molecule is Cc1nnc(SCc2ccccc2)n1NC(=O)CC(C)C. The van der Waals surface area contributed by atoms with Gasteiger partial charge in [0.15, 0.2) is 0 Å². The molecule has 6 heteroatoms. The van der Waals surface area contributed by atoms with Crippen LogP contribution in [0.5, 0.6) is 0 Å². The van der Waals surface area contributed by atoms with Gasteiger partial charge in [0.05, 0.1) is 0 Å². The van der Waals surface area contributed by atoms with E-state index in [1.807, 2.05) is 39.0 Å². The number of hydrogen-bond donors (Lipinski definition) is 1. The third kappa shape index (κ3) is 4.60. The van der Waals surface area contributed by atoms with Crippen molar-refractivity contribution < 1.29 is 4.79 Å². The number of benzene rings is 1. The van der Waals surface area contributed by atoms with Crippen LogP contribution in [0.1, 0.15) is 31.7 Å². The molecule has 0 spiro atoms. The first-order chi connectivity index (χ1) is 10.1. The predicted molar refractivity (Wildman–Crippen MR) is 84.6 cm³/mol. The lowest BCUT2D eigenvalue weighted by molar-refractivity contribution is -0.117. The van der Waals surface area contributed by atoms with Crippen LogP contribution >= 0.6 is 11.8 Å². The van der Waals surface area contributed by atoms with E-state index < -0.39 is 0 Å². The molecule has 21 heavy (non-hydrogen) atoms. The van der Waals surface area contributed by atoms with Crippen LogP contribution in [0.3, 0.4) is 0 Å². The van der Waals surface area contributed by atoms with Crippen molar-refractivity contribution >= 4 is 17.7 Å². The molecule has 0 saturated heterocycles. The Balaban J connectivity index is 2.02. The summed E-state index contributed by atoms with van der Waals surface area (Å²) < 4.78 is 1.66. The number of carbonyl (C=O) groups excluding carboxylic acids is 1. The van der Waals surface area contributed by atoms with E-state index in [0.29, 0.717) is 23.3 Å². The first-order valence-electron chi connectivity index (χ1n) is 6.95. The first kappa shape index (κ1) is 15.6. The molecule has 0 saturated carbocycles. The van der Waals surface area contributed by atoms with E-state index in [2.05, 4.69) is 27.8 Å². The molecule has 0 aliphatic heterocycles. The van der Waals surface area contributed by atoms with Crippen LogP contribution in [0, 0.1) is 12.8 Å². The van der Waals surface area contributed by atoms with Crippen LogP contribution in [0.4, 0.5) is 0 Å². The van der Waals surface area contributed by atoms with Gasteiger partial charge in [-0.2, -0.15) is 0 Å². The van der Waals surface area contributed by atoms with E-state index >= 15 is 0 Å². The fraction of sp³-hybridized carbons (Fsp3) is 0.400. The average molecular weight is 304 g/mol. The van der Waals surface area contributed by atoms with Gasteiger partial charge in [-0.1, -0.05) is 55.9 Å². The Bertz CT molecular complexity index is 595. The maximum absolute atomic E-state index is 11.9. The monoisotopic (exact) mass is 304 g/mol. The maximum atomic E-state index is 11.9. The summed E-state index contributed by atoms with van der Waals surface area (Å²) >= 11 is 1.56. The van der Waals surface area contributed by atoms with Crippen molar-refractivity contribution in [2.75, 3.05) is 5.43 Å². The Morgan fingerprint density at radius 1 is 1.29 bits per heavy atom. The molecule has 2 rings (SSSR count). The highest BCUT2D eigenvalue weighted by atomic mass is 32.2. The highest BCUT2D eigenvalue weighted by Gasteiger charge is 2.13. The number of aromatic nitrogens is 3. The summed E-state index contributed by atoms with van der Waals surface area (Å²) in [5.41, 5.74) is 4.07. The van der Waals surface area contributed by atoms with Crippen molar-refractivity contribution in [3.05, 3.63) is 41.7 Å². The Labute approximate surface area is 129 Å². The van der Waals surface area contributed by atoms with Gasteiger partial charge in [-0.25, -0.2) is 4.68 Å². The second-order valence-electron chi connectivity index (χ2n) is 5.27. The summed E-state index contributed by atoms with van der Waals surface area (Å²) in [5, 5.41) is 8.86. The number of rotatable bonds is 6. The lowest BCUT2D eigenvalue weighted by Crippen LogP contribution is -2.25.